The van der Waals surface area contributed by atoms with Crippen LogP contribution in [-0.2, 0) is 4.79 Å². The minimum absolute atomic E-state index is 0.00275. The van der Waals surface area contributed by atoms with Crippen LogP contribution in [0.25, 0.3) is 1.43 Å². The Labute approximate surface area is 99.1 Å². The molecule has 1 aromatic heterocycles. The molecule has 5 heteroatoms. The van der Waals surface area contributed by atoms with E-state index in [-0.39, 0.29) is 10.7 Å². The van der Waals surface area contributed by atoms with Crippen molar-refractivity contribution in [1.82, 2.24) is 4.98 Å². The first-order chi connectivity index (χ1) is 7.88. The van der Waals surface area contributed by atoms with Crippen molar-refractivity contribution < 1.29 is 14.7 Å². The number of Topliss-reactive ketones (excluding diaryl/α,β-unsaturated/α-hetero) is 1. The van der Waals surface area contributed by atoms with Crippen molar-refractivity contribution in [3.8, 4) is 0 Å². The summed E-state index contributed by atoms with van der Waals surface area (Å²) in [6.45, 7) is 6.78. The second-order valence-electron chi connectivity index (χ2n) is 3.32. The molecule has 0 spiro atoms. The van der Waals surface area contributed by atoms with Crippen LogP contribution in [0.1, 0.15) is 21.6 Å². The van der Waals surface area contributed by atoms with Crippen molar-refractivity contribution in [2.24, 2.45) is 0 Å². The molecule has 0 aliphatic carbocycles. The third-order valence-corrected chi connectivity index (χ3v) is 2.47. The molecule has 0 unspecified atom stereocenters. The summed E-state index contributed by atoms with van der Waals surface area (Å²) >= 11 is 5.82. The molecule has 4 nitrogen and oxygen atoms in total. The highest BCUT2D eigenvalue weighted by Crippen LogP contribution is 2.19. The van der Waals surface area contributed by atoms with Gasteiger partial charge in [-0.25, -0.2) is 9.78 Å². The molecule has 1 aromatic rings. The molecule has 16 heavy (non-hydrogen) atoms. The fraction of sp³-hybridized carbons (Fsp3) is 0.182. The van der Waals surface area contributed by atoms with Crippen molar-refractivity contribution in [1.29, 1.82) is 1.43 Å². The van der Waals surface area contributed by atoms with Crippen molar-refractivity contribution in [2.45, 2.75) is 13.8 Å². The molecule has 0 saturated heterocycles. The number of halogens is 1. The number of aliphatic carboxylic acids is 1. The lowest BCUT2D eigenvalue weighted by molar-refractivity contribution is -0.132. The Bertz CT molecular complexity index is 514. The van der Waals surface area contributed by atoms with E-state index in [0.29, 0.717) is 5.69 Å². The number of pyridine rings is 1. The third kappa shape index (κ3) is 2.28. The predicted octanol–water partition coefficient (Wildman–Crippen LogP) is 2.18. The normalized spacial score (nSPS) is 10.6. The number of aromatic nitrogens is 1. The van der Waals surface area contributed by atoms with E-state index in [0.717, 1.165) is 5.56 Å². The van der Waals surface area contributed by atoms with Gasteiger partial charge in [0.1, 0.15) is 10.7 Å². The second-order valence-corrected chi connectivity index (χ2v) is 3.68. The summed E-state index contributed by atoms with van der Waals surface area (Å²) in [7, 11) is 0. The van der Waals surface area contributed by atoms with Gasteiger partial charge in [-0.15, -0.1) is 0 Å². The smallest absolute Gasteiger partial charge is 0.339 e. The fourth-order valence-corrected chi connectivity index (χ4v) is 1.36. The molecule has 1 rings (SSSR count). The molecular weight excluding hydrogens is 230 g/mol. The number of aryl methyl sites for hydroxylation is 2. The Morgan fingerprint density at radius 2 is 2.19 bits per heavy atom. The Morgan fingerprint density at radius 1 is 1.56 bits per heavy atom. The summed E-state index contributed by atoms with van der Waals surface area (Å²) < 4.78 is 6.41. The SMILES string of the molecule is [3H]OC(=O)C(=C)C(=O)c1cc(C)c(C)nc1Cl. The van der Waals surface area contributed by atoms with E-state index in [2.05, 4.69) is 16.7 Å². The first-order valence-electron chi connectivity index (χ1n) is 4.84. The van der Waals surface area contributed by atoms with E-state index in [1.807, 2.05) is 0 Å². The number of carbonyl (C=O) groups is 2. The number of rotatable bonds is 3. The molecular formula is C11H10ClNO3. The highest BCUT2D eigenvalue weighted by atomic mass is 35.5. The summed E-state index contributed by atoms with van der Waals surface area (Å²) in [5.74, 6) is -1.80. The largest absolute Gasteiger partial charge is 0.478 e. The van der Waals surface area contributed by atoms with Gasteiger partial charge in [0, 0.05) is 5.69 Å². The van der Waals surface area contributed by atoms with Crippen LogP contribution in [0, 0.1) is 13.8 Å². The maximum atomic E-state index is 11.8. The molecule has 84 valence electrons. The minimum Gasteiger partial charge on any atom is -0.478 e. The average Bonchev–Trinajstić information content (AvgIpc) is 2.31. The van der Waals surface area contributed by atoms with Crippen molar-refractivity contribution in [2.75, 3.05) is 0 Å². The predicted molar refractivity (Wildman–Crippen MR) is 59.8 cm³/mol. The summed E-state index contributed by atoms with van der Waals surface area (Å²) in [4.78, 5) is 26.8. The van der Waals surface area contributed by atoms with Crippen LogP contribution < -0.4 is 0 Å². The molecule has 1 heterocycles. The summed E-state index contributed by atoms with van der Waals surface area (Å²) in [5, 5.41) is 3.67. The zero-order valence-electron chi connectivity index (χ0n) is 9.83. The van der Waals surface area contributed by atoms with E-state index < -0.39 is 17.3 Å². The lowest BCUT2D eigenvalue weighted by Crippen LogP contribution is -2.12. The summed E-state index contributed by atoms with van der Waals surface area (Å²) in [5.41, 5.74) is 1.09. The lowest BCUT2D eigenvalue weighted by Gasteiger charge is -2.06. The Hall–Kier alpha value is -1.68. The van der Waals surface area contributed by atoms with Crippen molar-refractivity contribution >= 4 is 23.4 Å². The quantitative estimate of drug-likeness (QED) is 0.290. The monoisotopic (exact) mass is 241 g/mol. The van der Waals surface area contributed by atoms with E-state index in [1.165, 1.54) is 6.07 Å². The van der Waals surface area contributed by atoms with E-state index in [4.69, 9.17) is 13.0 Å². The van der Waals surface area contributed by atoms with Gasteiger partial charge in [-0.05, 0) is 25.5 Å². The number of hydrogen-bond acceptors (Lipinski definition) is 4. The van der Waals surface area contributed by atoms with Crippen LogP contribution in [0.5, 0.6) is 0 Å². The van der Waals surface area contributed by atoms with Gasteiger partial charge in [-0.1, -0.05) is 18.2 Å². The summed E-state index contributed by atoms with van der Waals surface area (Å²) in [6, 6.07) is 1.52. The highest BCUT2D eigenvalue weighted by molar-refractivity contribution is 6.35. The first-order valence-corrected chi connectivity index (χ1v) is 4.81. The Morgan fingerprint density at radius 3 is 2.75 bits per heavy atom. The van der Waals surface area contributed by atoms with Gasteiger partial charge in [-0.3, -0.25) is 4.79 Å². The minimum atomic E-state index is -1.11. The Kier molecular flexibility index (Phi) is 3.01. The van der Waals surface area contributed by atoms with Crippen LogP contribution >= 0.6 is 11.6 Å². The van der Waals surface area contributed by atoms with Crippen molar-refractivity contribution in [3.63, 3.8) is 0 Å². The summed E-state index contributed by atoms with van der Waals surface area (Å²) in [6.07, 6.45) is 0. The Balaban J connectivity index is 3.18. The molecule has 0 aliphatic heterocycles. The molecule has 0 bridgehead atoms. The number of nitrogens with zero attached hydrogens (tertiary/aromatic N) is 1. The van der Waals surface area contributed by atoms with E-state index in [9.17, 15) is 9.59 Å². The highest BCUT2D eigenvalue weighted by Gasteiger charge is 2.20. The fourth-order valence-electron chi connectivity index (χ4n) is 1.09. The second kappa shape index (κ2) is 4.45. The lowest BCUT2D eigenvalue weighted by atomic mass is 10.0. The molecule has 0 radical (unpaired) electrons. The number of ketones is 1. The molecule has 0 aromatic carbocycles. The van der Waals surface area contributed by atoms with Gasteiger partial charge in [0.25, 0.3) is 1.43 Å². The van der Waals surface area contributed by atoms with Crippen LogP contribution in [0.3, 0.4) is 0 Å². The maximum Gasteiger partial charge on any atom is 0.339 e. The van der Waals surface area contributed by atoms with Crippen LogP contribution in [-0.4, -0.2) is 21.8 Å². The van der Waals surface area contributed by atoms with Crippen LogP contribution in [0.2, 0.25) is 5.15 Å². The molecule has 0 saturated carbocycles. The first kappa shape index (κ1) is 10.8. The van der Waals surface area contributed by atoms with E-state index >= 15 is 0 Å². The average molecular weight is 242 g/mol. The number of carbonyl (C=O) groups excluding carboxylic acids is 1. The van der Waals surface area contributed by atoms with Gasteiger partial charge in [0.15, 0.2) is 0 Å². The van der Waals surface area contributed by atoms with Gasteiger partial charge in [0.2, 0.25) is 5.78 Å². The zero-order valence-corrected chi connectivity index (χ0v) is 9.59. The molecule has 0 amide bonds. The standard InChI is InChI=1S/C11H10ClNO3/c1-5-4-8(10(12)13-7(5)3)9(14)6(2)11(15)16/h4H,2H2,1,3H3,(H,15,16)/i/hT. The van der Waals surface area contributed by atoms with Gasteiger partial charge < -0.3 is 5.11 Å². The van der Waals surface area contributed by atoms with Gasteiger partial charge in [-0.2, -0.15) is 0 Å². The van der Waals surface area contributed by atoms with E-state index in [1.54, 1.807) is 13.8 Å². The van der Waals surface area contributed by atoms with Gasteiger partial charge >= 0.3 is 5.97 Å². The molecule has 0 atom stereocenters. The number of hydrogen-bond donors (Lipinski definition) is 1. The molecule has 1 N–H and O–H groups in total. The topological polar surface area (TPSA) is 67.3 Å². The third-order valence-electron chi connectivity index (χ3n) is 2.18. The number of carboxylic acids is 1. The maximum absolute atomic E-state index is 11.8. The zero-order chi connectivity index (χ0) is 13.2. The van der Waals surface area contributed by atoms with Crippen molar-refractivity contribution in [3.05, 3.63) is 40.2 Å². The van der Waals surface area contributed by atoms with Crippen LogP contribution in [0.4, 0.5) is 0 Å². The van der Waals surface area contributed by atoms with Gasteiger partial charge in [0.05, 0.1) is 5.56 Å². The van der Waals surface area contributed by atoms with Crippen LogP contribution in [0.15, 0.2) is 18.2 Å². The number of carboxylic acid groups (broad SMARTS) is 1. The molecule has 0 aliphatic rings. The molecule has 0 fully saturated rings.